The first-order chi connectivity index (χ1) is 11.2. The molecule has 0 spiro atoms. The van der Waals surface area contributed by atoms with Crippen LogP contribution >= 0.6 is 15.9 Å². The zero-order valence-corrected chi connectivity index (χ0v) is 14.4. The third-order valence-electron chi connectivity index (χ3n) is 4.64. The van der Waals surface area contributed by atoms with E-state index in [2.05, 4.69) is 30.7 Å². The van der Waals surface area contributed by atoms with Crippen LogP contribution in [0, 0.1) is 5.92 Å². The average Bonchev–Trinajstić information content (AvgIpc) is 3.07. The average molecular weight is 379 g/mol. The summed E-state index contributed by atoms with van der Waals surface area (Å²) >= 11 is 3.26. The van der Waals surface area contributed by atoms with Gasteiger partial charge in [0.2, 0.25) is 0 Å². The first-order valence-electron chi connectivity index (χ1n) is 8.16. The van der Waals surface area contributed by atoms with Gasteiger partial charge in [-0.2, -0.15) is 0 Å². The fraction of sp³-hybridized carbons (Fsp3) is 0.562. The van der Waals surface area contributed by atoms with Crippen molar-refractivity contribution in [1.29, 1.82) is 0 Å². The summed E-state index contributed by atoms with van der Waals surface area (Å²) in [6.07, 6.45) is 7.41. The molecule has 1 atom stereocenters. The number of likely N-dealkylation sites (tertiary alicyclic amines) is 1. The van der Waals surface area contributed by atoms with Gasteiger partial charge in [0.05, 0.1) is 6.04 Å². The van der Waals surface area contributed by atoms with Crippen molar-refractivity contribution in [3.8, 4) is 0 Å². The van der Waals surface area contributed by atoms with Gasteiger partial charge in [0.25, 0.3) is 5.91 Å². The van der Waals surface area contributed by atoms with E-state index in [1.165, 1.54) is 12.8 Å². The van der Waals surface area contributed by atoms with E-state index in [0.717, 1.165) is 44.1 Å². The minimum Gasteiger partial charge on any atom is -0.444 e. The topological polar surface area (TPSA) is 64.2 Å². The molecule has 1 amide bonds. The number of carbonyl (C=O) groups excluding carboxylic acids is 1. The molecule has 1 unspecified atom stereocenters. The van der Waals surface area contributed by atoms with E-state index in [1.807, 2.05) is 4.90 Å². The Morgan fingerprint density at radius 1 is 1.30 bits per heavy atom. The Balaban J connectivity index is 1.60. The second-order valence-corrected chi connectivity index (χ2v) is 7.18. The number of aromatic nitrogens is 3. The molecule has 6 nitrogen and oxygen atoms in total. The van der Waals surface area contributed by atoms with E-state index in [4.69, 9.17) is 4.42 Å². The van der Waals surface area contributed by atoms with Crippen molar-refractivity contribution in [3.05, 3.63) is 34.7 Å². The van der Waals surface area contributed by atoms with E-state index < -0.39 is 0 Å². The summed E-state index contributed by atoms with van der Waals surface area (Å²) < 4.78 is 8.16. The maximum absolute atomic E-state index is 12.8. The molecule has 2 fully saturated rings. The molecule has 1 saturated heterocycles. The Morgan fingerprint density at radius 2 is 2.17 bits per heavy atom. The number of nitrogens with zero attached hydrogens (tertiary/aromatic N) is 4. The van der Waals surface area contributed by atoms with Gasteiger partial charge in [0, 0.05) is 13.1 Å². The van der Waals surface area contributed by atoms with E-state index in [0.29, 0.717) is 10.4 Å². The number of rotatable bonds is 4. The molecule has 1 aliphatic heterocycles. The van der Waals surface area contributed by atoms with Crippen molar-refractivity contribution in [2.24, 2.45) is 5.92 Å². The van der Waals surface area contributed by atoms with E-state index in [-0.39, 0.29) is 11.9 Å². The third-order valence-corrected chi connectivity index (χ3v) is 5.07. The highest BCUT2D eigenvalue weighted by molar-refractivity contribution is 9.10. The second-order valence-electron chi connectivity index (χ2n) is 6.40. The number of furan rings is 1. The Hall–Kier alpha value is -1.63. The normalized spacial score (nSPS) is 21.6. The SMILES string of the molecule is O=C(c1ccc(Br)o1)N1CCCCC1c1nncn1CC1CC1. The largest absolute Gasteiger partial charge is 0.444 e. The van der Waals surface area contributed by atoms with Crippen LogP contribution in [0.2, 0.25) is 0 Å². The van der Waals surface area contributed by atoms with Crippen molar-refractivity contribution in [2.45, 2.75) is 44.7 Å². The maximum atomic E-state index is 12.8. The minimum atomic E-state index is -0.0682. The highest BCUT2D eigenvalue weighted by atomic mass is 79.9. The van der Waals surface area contributed by atoms with Crippen LogP contribution in [-0.4, -0.2) is 32.1 Å². The molecule has 3 heterocycles. The Bertz CT molecular complexity index is 707. The standard InChI is InChI=1S/C16H19BrN4O2/c17-14-7-6-13(23-14)16(22)21-8-2-1-3-12(21)15-19-18-10-20(15)9-11-4-5-11/h6-7,10-12H,1-5,8-9H2. The molecule has 4 rings (SSSR count). The molecule has 2 aliphatic rings. The van der Waals surface area contributed by atoms with Crippen LogP contribution in [0.25, 0.3) is 0 Å². The lowest BCUT2D eigenvalue weighted by molar-refractivity contribution is 0.0560. The van der Waals surface area contributed by atoms with Crippen LogP contribution in [0.5, 0.6) is 0 Å². The van der Waals surface area contributed by atoms with Crippen LogP contribution in [0.15, 0.2) is 27.5 Å². The van der Waals surface area contributed by atoms with Crippen molar-refractivity contribution >= 4 is 21.8 Å². The number of hydrogen-bond acceptors (Lipinski definition) is 4. The Morgan fingerprint density at radius 3 is 2.91 bits per heavy atom. The summed E-state index contributed by atoms with van der Waals surface area (Å²) in [5.41, 5.74) is 0. The number of piperidine rings is 1. The summed E-state index contributed by atoms with van der Waals surface area (Å²) in [6.45, 7) is 1.70. The molecular formula is C16H19BrN4O2. The van der Waals surface area contributed by atoms with Gasteiger partial charge in [-0.3, -0.25) is 4.79 Å². The molecule has 1 aliphatic carbocycles. The Kier molecular flexibility index (Phi) is 3.97. The van der Waals surface area contributed by atoms with Gasteiger partial charge in [-0.05, 0) is 66.1 Å². The smallest absolute Gasteiger partial charge is 0.290 e. The van der Waals surface area contributed by atoms with Crippen molar-refractivity contribution < 1.29 is 9.21 Å². The van der Waals surface area contributed by atoms with Crippen molar-refractivity contribution in [1.82, 2.24) is 19.7 Å². The number of carbonyl (C=O) groups is 1. The zero-order chi connectivity index (χ0) is 15.8. The predicted molar refractivity (Wildman–Crippen MR) is 86.8 cm³/mol. The fourth-order valence-corrected chi connectivity index (χ4v) is 3.56. The molecule has 0 N–H and O–H groups in total. The third kappa shape index (κ3) is 3.06. The van der Waals surface area contributed by atoms with E-state index in [1.54, 1.807) is 18.5 Å². The predicted octanol–water partition coefficient (Wildman–Crippen LogP) is 3.41. The van der Waals surface area contributed by atoms with Crippen LogP contribution in [0.3, 0.4) is 0 Å². The maximum Gasteiger partial charge on any atom is 0.290 e. The molecule has 1 saturated carbocycles. The van der Waals surface area contributed by atoms with Gasteiger partial charge in [0.1, 0.15) is 6.33 Å². The molecule has 0 bridgehead atoms. The summed E-state index contributed by atoms with van der Waals surface area (Å²) in [6, 6.07) is 3.45. The van der Waals surface area contributed by atoms with Crippen LogP contribution in [0.1, 0.15) is 54.5 Å². The van der Waals surface area contributed by atoms with Crippen LogP contribution in [-0.2, 0) is 6.54 Å². The lowest BCUT2D eigenvalue weighted by Gasteiger charge is -2.34. The second kappa shape index (κ2) is 6.11. The molecule has 2 aromatic heterocycles. The number of halogens is 1. The summed E-state index contributed by atoms with van der Waals surface area (Å²) in [5, 5.41) is 8.42. The van der Waals surface area contributed by atoms with Crippen LogP contribution < -0.4 is 0 Å². The minimum absolute atomic E-state index is 0.0126. The zero-order valence-electron chi connectivity index (χ0n) is 12.8. The van der Waals surface area contributed by atoms with Crippen molar-refractivity contribution in [2.75, 3.05) is 6.54 Å². The van der Waals surface area contributed by atoms with E-state index in [9.17, 15) is 4.79 Å². The van der Waals surface area contributed by atoms with Crippen molar-refractivity contribution in [3.63, 3.8) is 0 Å². The summed E-state index contributed by atoms with van der Waals surface area (Å²) in [7, 11) is 0. The first kappa shape index (κ1) is 14.9. The van der Waals surface area contributed by atoms with Crippen LogP contribution in [0.4, 0.5) is 0 Å². The van der Waals surface area contributed by atoms with Gasteiger partial charge >= 0.3 is 0 Å². The molecule has 0 aromatic carbocycles. The number of hydrogen-bond donors (Lipinski definition) is 0. The highest BCUT2D eigenvalue weighted by Gasteiger charge is 2.34. The molecule has 0 radical (unpaired) electrons. The van der Waals surface area contributed by atoms with E-state index >= 15 is 0 Å². The Labute approximate surface area is 143 Å². The molecule has 23 heavy (non-hydrogen) atoms. The molecular weight excluding hydrogens is 360 g/mol. The van der Waals surface area contributed by atoms with Gasteiger partial charge in [-0.1, -0.05) is 0 Å². The number of amides is 1. The summed E-state index contributed by atoms with van der Waals surface area (Å²) in [4.78, 5) is 14.7. The van der Waals surface area contributed by atoms with Gasteiger partial charge < -0.3 is 13.9 Å². The van der Waals surface area contributed by atoms with Gasteiger partial charge in [0.15, 0.2) is 16.3 Å². The fourth-order valence-electron chi connectivity index (χ4n) is 3.26. The lowest BCUT2D eigenvalue weighted by atomic mass is 10.0. The molecule has 122 valence electrons. The summed E-state index contributed by atoms with van der Waals surface area (Å²) in [5.74, 6) is 1.97. The monoisotopic (exact) mass is 378 g/mol. The quantitative estimate of drug-likeness (QED) is 0.817. The molecule has 2 aromatic rings. The highest BCUT2D eigenvalue weighted by Crippen LogP contribution is 2.35. The first-order valence-corrected chi connectivity index (χ1v) is 8.95. The van der Waals surface area contributed by atoms with Gasteiger partial charge in [-0.15, -0.1) is 10.2 Å². The lowest BCUT2D eigenvalue weighted by Crippen LogP contribution is -2.39. The molecule has 7 heteroatoms. The van der Waals surface area contributed by atoms with Gasteiger partial charge in [-0.25, -0.2) is 0 Å².